The van der Waals surface area contributed by atoms with Gasteiger partial charge in [-0.2, -0.15) is 0 Å². The molecule has 0 bridgehead atoms. The number of aliphatic hydroxyl groups is 1. The Labute approximate surface area is 130 Å². The fourth-order valence-electron chi connectivity index (χ4n) is 2.35. The largest absolute Gasteiger partial charge is 0.503 e. The van der Waals surface area contributed by atoms with Gasteiger partial charge < -0.3 is 21.5 Å². The third-order valence-electron chi connectivity index (χ3n) is 3.68. The molecule has 0 fully saturated rings. The molecular formula is C17H21N3O2. The number of likely N-dealkylation sites (N-methyl/N-ethyl adjacent to an activating group) is 1. The topological polar surface area (TPSA) is 92.6 Å². The Morgan fingerprint density at radius 1 is 1.36 bits per heavy atom. The van der Waals surface area contributed by atoms with Crippen LogP contribution in [-0.2, 0) is 11.2 Å². The Kier molecular flexibility index (Phi) is 4.88. The van der Waals surface area contributed by atoms with Crippen LogP contribution in [0.25, 0.3) is 0 Å². The number of benzene rings is 1. The normalized spacial score (nSPS) is 16.6. The van der Waals surface area contributed by atoms with Crippen molar-refractivity contribution in [3.63, 3.8) is 0 Å². The summed E-state index contributed by atoms with van der Waals surface area (Å²) in [6.45, 7) is 0.309. The highest BCUT2D eigenvalue weighted by Gasteiger charge is 2.28. The molecule has 0 spiro atoms. The maximum absolute atomic E-state index is 11.6. The number of aliphatic hydroxyl groups excluding tert-OH is 1. The number of carbonyl (C=O) groups is 1. The van der Waals surface area contributed by atoms with Gasteiger partial charge >= 0.3 is 0 Å². The predicted molar refractivity (Wildman–Crippen MR) is 86.6 cm³/mol. The van der Waals surface area contributed by atoms with Crippen molar-refractivity contribution in [3.05, 3.63) is 70.8 Å². The molecule has 1 aromatic carbocycles. The van der Waals surface area contributed by atoms with Crippen molar-refractivity contribution >= 4 is 5.91 Å². The first-order valence-electron chi connectivity index (χ1n) is 7.12. The van der Waals surface area contributed by atoms with Gasteiger partial charge in [-0.1, -0.05) is 30.3 Å². The molecule has 1 heterocycles. The minimum atomic E-state index is -0.408. The molecular weight excluding hydrogens is 278 g/mol. The highest BCUT2D eigenvalue weighted by atomic mass is 16.3. The Morgan fingerprint density at radius 3 is 2.59 bits per heavy atom. The van der Waals surface area contributed by atoms with Crippen LogP contribution >= 0.6 is 0 Å². The minimum Gasteiger partial charge on any atom is -0.503 e. The lowest BCUT2D eigenvalue weighted by Crippen LogP contribution is -2.22. The van der Waals surface area contributed by atoms with E-state index in [1.165, 1.54) is 16.7 Å². The van der Waals surface area contributed by atoms with E-state index in [0.29, 0.717) is 17.8 Å². The van der Waals surface area contributed by atoms with Crippen LogP contribution in [0, 0.1) is 0 Å². The number of hydrogen-bond acceptors (Lipinski definition) is 4. The molecule has 5 nitrogen and oxygen atoms in total. The van der Waals surface area contributed by atoms with Crippen molar-refractivity contribution in [2.24, 2.45) is 11.5 Å². The van der Waals surface area contributed by atoms with Gasteiger partial charge in [-0.25, -0.2) is 0 Å². The highest BCUT2D eigenvalue weighted by molar-refractivity contribution is 5.95. The lowest BCUT2D eigenvalue weighted by Gasteiger charge is -2.08. The summed E-state index contributed by atoms with van der Waals surface area (Å²) in [4.78, 5) is 13.0. The summed E-state index contributed by atoms with van der Waals surface area (Å²) in [6.07, 6.45) is 4.81. The van der Waals surface area contributed by atoms with E-state index in [9.17, 15) is 9.90 Å². The predicted octanol–water partition coefficient (Wildman–Crippen LogP) is 1.59. The van der Waals surface area contributed by atoms with Crippen molar-refractivity contribution in [1.29, 1.82) is 0 Å². The van der Waals surface area contributed by atoms with E-state index in [2.05, 4.69) is 12.1 Å². The first-order chi connectivity index (χ1) is 10.5. The maximum Gasteiger partial charge on any atom is 0.289 e. The summed E-state index contributed by atoms with van der Waals surface area (Å²) in [5.74, 6) is -0.690. The van der Waals surface area contributed by atoms with Gasteiger partial charge in [0.15, 0.2) is 5.76 Å². The number of aryl methyl sites for hydroxylation is 1. The van der Waals surface area contributed by atoms with Gasteiger partial charge in [0.2, 0.25) is 0 Å². The van der Waals surface area contributed by atoms with E-state index in [-0.39, 0.29) is 5.76 Å². The van der Waals surface area contributed by atoms with Crippen LogP contribution in [0.2, 0.25) is 0 Å². The third-order valence-corrected chi connectivity index (χ3v) is 3.68. The average molecular weight is 299 g/mol. The van der Waals surface area contributed by atoms with E-state index in [4.69, 9.17) is 11.5 Å². The zero-order valence-corrected chi connectivity index (χ0v) is 12.6. The molecule has 0 aromatic heterocycles. The van der Waals surface area contributed by atoms with Crippen molar-refractivity contribution in [2.45, 2.75) is 12.8 Å². The molecule has 0 unspecified atom stereocenters. The van der Waals surface area contributed by atoms with Crippen LogP contribution in [0.5, 0.6) is 0 Å². The van der Waals surface area contributed by atoms with Crippen molar-refractivity contribution in [2.75, 3.05) is 13.6 Å². The van der Waals surface area contributed by atoms with E-state index in [1.54, 1.807) is 13.1 Å². The Morgan fingerprint density at radius 2 is 2.05 bits per heavy atom. The van der Waals surface area contributed by atoms with Crippen LogP contribution in [0.3, 0.4) is 0 Å². The molecule has 0 saturated heterocycles. The highest BCUT2D eigenvalue weighted by Crippen LogP contribution is 2.21. The first-order valence-corrected chi connectivity index (χ1v) is 7.12. The summed E-state index contributed by atoms with van der Waals surface area (Å²) >= 11 is 0. The maximum atomic E-state index is 11.6. The number of nitrogens with two attached hydrogens (primary N) is 2. The van der Waals surface area contributed by atoms with E-state index in [1.807, 2.05) is 18.2 Å². The fraction of sp³-hybridized carbons (Fsp3) is 0.235. The van der Waals surface area contributed by atoms with Crippen molar-refractivity contribution < 1.29 is 9.90 Å². The lowest BCUT2D eigenvalue weighted by atomic mass is 10.0. The zero-order valence-electron chi connectivity index (χ0n) is 12.6. The Balaban J connectivity index is 2.08. The third kappa shape index (κ3) is 3.49. The second-order valence-corrected chi connectivity index (χ2v) is 5.32. The monoisotopic (exact) mass is 299 g/mol. The summed E-state index contributed by atoms with van der Waals surface area (Å²) in [6, 6.07) is 10.1. The molecule has 0 aliphatic carbocycles. The SMILES string of the molecule is CN1CC(/C(N)=C/C(=C\N)CCc2ccccc2)=C(O)C1=O. The number of carbonyl (C=O) groups excluding carboxylic acids is 1. The van der Waals surface area contributed by atoms with Crippen LogP contribution in [0.1, 0.15) is 12.0 Å². The van der Waals surface area contributed by atoms with Crippen molar-refractivity contribution in [1.82, 2.24) is 4.90 Å². The van der Waals surface area contributed by atoms with Crippen molar-refractivity contribution in [3.8, 4) is 0 Å². The first kappa shape index (κ1) is 15.7. The van der Waals surface area contributed by atoms with Gasteiger partial charge in [-0.15, -0.1) is 0 Å². The van der Waals surface area contributed by atoms with Crippen LogP contribution in [0.4, 0.5) is 0 Å². The van der Waals surface area contributed by atoms with Gasteiger partial charge in [-0.05, 0) is 36.3 Å². The van der Waals surface area contributed by atoms with Gasteiger partial charge in [0.05, 0.1) is 6.54 Å². The standard InChI is InChI=1S/C17H21N3O2/c1-20-11-14(16(21)17(20)22)15(19)9-13(10-18)8-7-12-5-3-2-4-6-12/h2-6,9-10,21H,7-8,11,18-19H2,1H3/b13-10-,15-9-. The molecule has 2 rings (SSSR count). The lowest BCUT2D eigenvalue weighted by molar-refractivity contribution is -0.126. The summed E-state index contributed by atoms with van der Waals surface area (Å²) < 4.78 is 0. The molecule has 22 heavy (non-hydrogen) atoms. The fourth-order valence-corrected chi connectivity index (χ4v) is 2.35. The van der Waals surface area contributed by atoms with Crippen LogP contribution in [0.15, 0.2) is 65.2 Å². The molecule has 5 N–H and O–H groups in total. The minimum absolute atomic E-state index is 0.282. The summed E-state index contributed by atoms with van der Waals surface area (Å²) in [5.41, 5.74) is 14.6. The van der Waals surface area contributed by atoms with E-state index in [0.717, 1.165) is 18.4 Å². The second-order valence-electron chi connectivity index (χ2n) is 5.32. The summed E-state index contributed by atoms with van der Waals surface area (Å²) in [7, 11) is 1.62. The molecule has 0 radical (unpaired) electrons. The van der Waals surface area contributed by atoms with Gasteiger partial charge in [0.25, 0.3) is 5.91 Å². The molecule has 1 aliphatic heterocycles. The quantitative estimate of drug-likeness (QED) is 0.720. The molecule has 116 valence electrons. The number of rotatable bonds is 5. The van der Waals surface area contributed by atoms with Crippen LogP contribution < -0.4 is 11.5 Å². The molecule has 0 saturated carbocycles. The number of hydrogen-bond donors (Lipinski definition) is 3. The Bertz CT molecular complexity index is 645. The number of amides is 1. The molecule has 5 heteroatoms. The number of allylic oxidation sites excluding steroid dienone is 2. The smallest absolute Gasteiger partial charge is 0.289 e. The molecule has 1 aliphatic rings. The molecule has 1 amide bonds. The van der Waals surface area contributed by atoms with Gasteiger partial charge in [-0.3, -0.25) is 4.79 Å². The van der Waals surface area contributed by atoms with E-state index >= 15 is 0 Å². The molecule has 1 aromatic rings. The van der Waals surface area contributed by atoms with Crippen LogP contribution in [-0.4, -0.2) is 29.5 Å². The number of nitrogens with zero attached hydrogens (tertiary/aromatic N) is 1. The second kappa shape index (κ2) is 6.85. The Hall–Kier alpha value is -2.69. The zero-order chi connectivity index (χ0) is 16.1. The summed E-state index contributed by atoms with van der Waals surface area (Å²) in [5, 5.41) is 9.81. The van der Waals surface area contributed by atoms with Gasteiger partial charge in [0.1, 0.15) is 0 Å². The van der Waals surface area contributed by atoms with E-state index < -0.39 is 5.91 Å². The average Bonchev–Trinajstić information content (AvgIpc) is 2.80. The van der Waals surface area contributed by atoms with Gasteiger partial charge in [0, 0.05) is 18.3 Å². The molecule has 0 atom stereocenters.